The normalized spacial score (nSPS) is 11.4. The Bertz CT molecular complexity index is 1010. The van der Waals surface area contributed by atoms with E-state index in [0.717, 1.165) is 43.6 Å². The zero-order chi connectivity index (χ0) is 22.2. The molecule has 0 fully saturated rings. The van der Waals surface area contributed by atoms with Gasteiger partial charge in [0.1, 0.15) is 5.75 Å². The van der Waals surface area contributed by atoms with Crippen LogP contribution in [0.1, 0.15) is 61.6 Å². The van der Waals surface area contributed by atoms with Crippen molar-refractivity contribution in [1.82, 2.24) is 9.30 Å². The van der Waals surface area contributed by atoms with Crippen LogP contribution in [0.25, 0.3) is 5.52 Å². The lowest BCUT2D eigenvalue weighted by Gasteiger charge is -2.20. The molecule has 2 aromatic heterocycles. The fourth-order valence-corrected chi connectivity index (χ4v) is 4.27. The zero-order valence-electron chi connectivity index (χ0n) is 18.9. The first-order valence-electron chi connectivity index (χ1n) is 11.4. The number of aryl methyl sites for hydroxylation is 1. The Morgan fingerprint density at radius 2 is 1.81 bits per heavy atom. The molecular weight excluding hydrogens is 408 g/mol. The fraction of sp³-hybridized carbons (Fsp3) is 0.423. The third-order valence-corrected chi connectivity index (χ3v) is 5.80. The predicted octanol–water partition coefficient (Wildman–Crippen LogP) is 6.28. The van der Waals surface area contributed by atoms with Gasteiger partial charge in [0.15, 0.2) is 0 Å². The van der Waals surface area contributed by atoms with E-state index in [9.17, 15) is 4.79 Å². The lowest BCUT2D eigenvalue weighted by Crippen LogP contribution is -2.27. The van der Waals surface area contributed by atoms with Gasteiger partial charge in [-0.1, -0.05) is 38.4 Å². The number of ether oxygens (including phenoxy) is 1. The van der Waals surface area contributed by atoms with Crippen molar-refractivity contribution < 1.29 is 9.53 Å². The minimum Gasteiger partial charge on any atom is -0.492 e. The van der Waals surface area contributed by atoms with Gasteiger partial charge in [-0.3, -0.25) is 4.79 Å². The Kier molecular flexibility index (Phi) is 8.56. The van der Waals surface area contributed by atoms with Gasteiger partial charge in [0.05, 0.1) is 17.3 Å². The molecule has 2 heterocycles. The largest absolute Gasteiger partial charge is 0.492 e. The average molecular weight is 441 g/mol. The molecule has 3 aromatic rings. The van der Waals surface area contributed by atoms with Crippen LogP contribution in [0.3, 0.4) is 0 Å². The van der Waals surface area contributed by atoms with Crippen LogP contribution >= 0.6 is 11.6 Å². The van der Waals surface area contributed by atoms with Crippen molar-refractivity contribution in [2.24, 2.45) is 0 Å². The molecule has 0 aliphatic rings. The van der Waals surface area contributed by atoms with E-state index in [2.05, 4.69) is 31.7 Å². The van der Waals surface area contributed by atoms with Gasteiger partial charge >= 0.3 is 0 Å². The van der Waals surface area contributed by atoms with Gasteiger partial charge in [0.25, 0.3) is 0 Å². The van der Waals surface area contributed by atoms with Gasteiger partial charge in [-0.15, -0.1) is 0 Å². The van der Waals surface area contributed by atoms with E-state index in [1.165, 1.54) is 12.8 Å². The summed E-state index contributed by atoms with van der Waals surface area (Å²) in [5.74, 6) is 0.609. The molecule has 1 aromatic carbocycles. The summed E-state index contributed by atoms with van der Waals surface area (Å²) in [5.41, 5.74) is 3.34. The van der Waals surface area contributed by atoms with Crippen LogP contribution in [0, 0.1) is 0 Å². The summed E-state index contributed by atoms with van der Waals surface area (Å²) in [6.45, 7) is 10.4. The van der Waals surface area contributed by atoms with Crippen LogP contribution in [0.4, 0.5) is 0 Å². The summed E-state index contributed by atoms with van der Waals surface area (Å²) in [4.78, 5) is 15.8. The molecule has 4 nitrogen and oxygen atoms in total. The number of nitrogens with zero attached hydrogens (tertiary/aromatic N) is 2. The highest BCUT2D eigenvalue weighted by atomic mass is 35.5. The molecule has 31 heavy (non-hydrogen) atoms. The maximum Gasteiger partial charge on any atom is 0.210 e. The zero-order valence-corrected chi connectivity index (χ0v) is 19.6. The maximum atomic E-state index is 13.3. The molecule has 0 amide bonds. The second-order valence-corrected chi connectivity index (χ2v) is 8.29. The smallest absolute Gasteiger partial charge is 0.210 e. The van der Waals surface area contributed by atoms with Crippen molar-refractivity contribution >= 4 is 22.9 Å². The Balaban J connectivity index is 1.68. The highest BCUT2D eigenvalue weighted by Gasteiger charge is 2.19. The van der Waals surface area contributed by atoms with Gasteiger partial charge < -0.3 is 14.0 Å². The number of halogens is 1. The van der Waals surface area contributed by atoms with Gasteiger partial charge in [0, 0.05) is 23.8 Å². The first-order chi connectivity index (χ1) is 15.1. The minimum atomic E-state index is -0.0220. The van der Waals surface area contributed by atoms with Crippen molar-refractivity contribution in [2.45, 2.75) is 46.5 Å². The van der Waals surface area contributed by atoms with Crippen molar-refractivity contribution in [2.75, 3.05) is 26.2 Å². The molecule has 0 bridgehead atoms. The first-order valence-corrected chi connectivity index (χ1v) is 11.7. The number of benzene rings is 1. The summed E-state index contributed by atoms with van der Waals surface area (Å²) in [5, 5.41) is 0.476. The number of hydrogen-bond acceptors (Lipinski definition) is 3. The number of rotatable bonds is 12. The molecule has 0 N–H and O–H groups in total. The van der Waals surface area contributed by atoms with E-state index >= 15 is 0 Å². The summed E-state index contributed by atoms with van der Waals surface area (Å²) in [7, 11) is 0. The number of carbonyl (C=O) groups excluding carboxylic acids is 1. The molecule has 0 spiro atoms. The van der Waals surface area contributed by atoms with Crippen LogP contribution in [0.2, 0.25) is 5.02 Å². The third-order valence-electron chi connectivity index (χ3n) is 5.50. The second-order valence-electron chi connectivity index (χ2n) is 7.89. The summed E-state index contributed by atoms with van der Waals surface area (Å²) in [6.07, 6.45) is 6.01. The molecule has 5 heteroatoms. The van der Waals surface area contributed by atoms with Gasteiger partial charge in [-0.25, -0.2) is 0 Å². The van der Waals surface area contributed by atoms with E-state index in [1.54, 1.807) is 6.07 Å². The SMILES string of the molecule is CCCN(CCC)CCCOc1ccc(C(=O)c2c(CC)cc3ccccn23)cc1Cl. The van der Waals surface area contributed by atoms with E-state index in [4.69, 9.17) is 16.3 Å². The molecule has 166 valence electrons. The van der Waals surface area contributed by atoms with Crippen LogP contribution < -0.4 is 4.74 Å². The topological polar surface area (TPSA) is 34.0 Å². The molecule has 3 rings (SSSR count). The molecule has 0 aliphatic heterocycles. The third kappa shape index (κ3) is 5.69. The first kappa shape index (κ1) is 23.4. The molecule has 0 saturated carbocycles. The molecule has 0 aliphatic carbocycles. The Morgan fingerprint density at radius 1 is 1.03 bits per heavy atom. The number of hydrogen-bond donors (Lipinski definition) is 0. The fourth-order valence-electron chi connectivity index (χ4n) is 4.04. The van der Waals surface area contributed by atoms with Gasteiger partial charge in [-0.05, 0) is 80.7 Å². The second kappa shape index (κ2) is 11.4. The van der Waals surface area contributed by atoms with Crippen LogP contribution in [-0.4, -0.2) is 41.3 Å². The van der Waals surface area contributed by atoms with E-state index in [-0.39, 0.29) is 5.78 Å². The quantitative estimate of drug-likeness (QED) is 0.245. The molecular formula is C26H33ClN2O2. The van der Waals surface area contributed by atoms with Crippen molar-refractivity contribution in [3.63, 3.8) is 0 Å². The highest BCUT2D eigenvalue weighted by molar-refractivity contribution is 6.32. The standard InChI is InChI=1S/C26H33ClN2O2/c1-4-13-28(14-5-2)15-9-17-31-24-12-11-21(19-23(24)27)26(30)25-20(6-3)18-22-10-7-8-16-29(22)25/h7-8,10-12,16,18-19H,4-6,9,13-15,17H2,1-3H3. The number of aromatic nitrogens is 1. The Morgan fingerprint density at radius 3 is 2.48 bits per heavy atom. The molecule has 0 unspecified atom stereocenters. The van der Waals surface area contributed by atoms with Gasteiger partial charge in [0.2, 0.25) is 5.78 Å². The van der Waals surface area contributed by atoms with E-state index < -0.39 is 0 Å². The predicted molar refractivity (Wildman–Crippen MR) is 129 cm³/mol. The van der Waals surface area contributed by atoms with E-state index in [0.29, 0.717) is 28.6 Å². The van der Waals surface area contributed by atoms with Gasteiger partial charge in [-0.2, -0.15) is 0 Å². The average Bonchev–Trinajstić information content (AvgIpc) is 3.16. The lowest BCUT2D eigenvalue weighted by molar-refractivity contribution is 0.103. The Hall–Kier alpha value is -2.30. The Labute approximate surface area is 190 Å². The lowest BCUT2D eigenvalue weighted by atomic mass is 10.0. The monoisotopic (exact) mass is 440 g/mol. The highest BCUT2D eigenvalue weighted by Crippen LogP contribution is 2.28. The number of ketones is 1. The number of carbonyl (C=O) groups is 1. The molecule has 0 atom stereocenters. The summed E-state index contributed by atoms with van der Waals surface area (Å²) < 4.78 is 7.87. The van der Waals surface area contributed by atoms with E-state index in [1.807, 2.05) is 40.9 Å². The maximum absolute atomic E-state index is 13.3. The van der Waals surface area contributed by atoms with Crippen LogP contribution in [-0.2, 0) is 6.42 Å². The molecule has 0 saturated heterocycles. The molecule has 0 radical (unpaired) electrons. The minimum absolute atomic E-state index is 0.0220. The summed E-state index contributed by atoms with van der Waals surface area (Å²) >= 11 is 6.47. The van der Waals surface area contributed by atoms with Crippen LogP contribution in [0.15, 0.2) is 48.7 Å². The van der Waals surface area contributed by atoms with Crippen molar-refractivity contribution in [3.05, 3.63) is 70.5 Å². The van der Waals surface area contributed by atoms with Crippen molar-refractivity contribution in [1.29, 1.82) is 0 Å². The summed E-state index contributed by atoms with van der Waals surface area (Å²) in [6, 6.07) is 13.4. The van der Waals surface area contributed by atoms with Crippen molar-refractivity contribution in [3.8, 4) is 5.75 Å². The van der Waals surface area contributed by atoms with Crippen LogP contribution in [0.5, 0.6) is 5.75 Å². The number of pyridine rings is 1. The number of fused-ring (bicyclic) bond motifs is 1.